The number of piperidine rings is 1. The number of nitrogens with two attached hydrogens (primary N) is 1. The Bertz CT molecular complexity index is 1320. The molecule has 2 aromatic carbocycles. The monoisotopic (exact) mass is 561 g/mol. The second-order valence-corrected chi connectivity index (χ2v) is 10.3. The highest BCUT2D eigenvalue weighted by molar-refractivity contribution is 5.85. The third kappa shape index (κ3) is 6.83. The number of carboxylic acids is 1. The van der Waals surface area contributed by atoms with Crippen LogP contribution in [0.1, 0.15) is 49.3 Å². The standard InChI is InChI=1S/C29H34F3N3O5/c1-39-20-2-3-24-21(14-20)27(18(16-33)17-34-24)25(36)4-5-29(15-26(37)38)6-8-35(9-7-29)10-11-40-28-22(31)12-19(30)13-23(28)32/h2-3,12-14,17,25,36H,4-11,15-16,33H2,1H3,(H,37,38)/t25-/m1/s1. The fourth-order valence-electron chi connectivity index (χ4n) is 5.53. The van der Waals surface area contributed by atoms with Gasteiger partial charge in [0.25, 0.3) is 0 Å². The first kappa shape index (κ1) is 29.6. The molecule has 11 heteroatoms. The number of carboxylic acid groups (broad SMARTS) is 1. The normalized spacial score (nSPS) is 16.1. The van der Waals surface area contributed by atoms with Gasteiger partial charge in [-0.3, -0.25) is 14.7 Å². The van der Waals surface area contributed by atoms with Crippen molar-refractivity contribution in [3.05, 3.63) is 65.1 Å². The molecule has 216 valence electrons. The lowest BCUT2D eigenvalue weighted by molar-refractivity contribution is -0.141. The zero-order chi connectivity index (χ0) is 28.9. The van der Waals surface area contributed by atoms with Crippen LogP contribution in [0.25, 0.3) is 10.9 Å². The van der Waals surface area contributed by atoms with E-state index < -0.39 is 40.7 Å². The van der Waals surface area contributed by atoms with E-state index >= 15 is 0 Å². The second kappa shape index (κ2) is 12.8. The van der Waals surface area contributed by atoms with Crippen molar-refractivity contribution >= 4 is 16.9 Å². The van der Waals surface area contributed by atoms with Gasteiger partial charge in [0.15, 0.2) is 17.4 Å². The van der Waals surface area contributed by atoms with E-state index in [1.165, 1.54) is 0 Å². The van der Waals surface area contributed by atoms with Crippen molar-refractivity contribution in [3.63, 3.8) is 0 Å². The van der Waals surface area contributed by atoms with Crippen molar-refractivity contribution in [2.24, 2.45) is 11.1 Å². The summed E-state index contributed by atoms with van der Waals surface area (Å²) in [5.74, 6) is -4.13. The Kier molecular flexibility index (Phi) is 9.49. The Morgan fingerprint density at radius 1 is 1.18 bits per heavy atom. The van der Waals surface area contributed by atoms with Gasteiger partial charge < -0.3 is 25.4 Å². The summed E-state index contributed by atoms with van der Waals surface area (Å²) < 4.78 is 51.4. The quantitative estimate of drug-likeness (QED) is 0.294. The molecule has 4 rings (SSSR count). The minimum absolute atomic E-state index is 0.00936. The molecule has 0 saturated carbocycles. The smallest absolute Gasteiger partial charge is 0.303 e. The number of ether oxygens (including phenoxy) is 2. The van der Waals surface area contributed by atoms with Crippen LogP contribution in [-0.4, -0.2) is 59.4 Å². The molecule has 3 aromatic rings. The highest BCUT2D eigenvalue weighted by Gasteiger charge is 2.37. The lowest BCUT2D eigenvalue weighted by atomic mass is 9.71. The number of nitrogens with zero attached hydrogens (tertiary/aromatic N) is 2. The number of aliphatic hydroxyl groups excluding tert-OH is 1. The number of hydrogen-bond acceptors (Lipinski definition) is 7. The summed E-state index contributed by atoms with van der Waals surface area (Å²) in [4.78, 5) is 18.3. The van der Waals surface area contributed by atoms with Gasteiger partial charge in [-0.15, -0.1) is 0 Å². The van der Waals surface area contributed by atoms with Crippen LogP contribution in [0, 0.1) is 22.9 Å². The second-order valence-electron chi connectivity index (χ2n) is 10.3. The van der Waals surface area contributed by atoms with E-state index in [-0.39, 0.29) is 19.6 Å². The Hall–Kier alpha value is -3.41. The van der Waals surface area contributed by atoms with Gasteiger partial charge in [-0.1, -0.05) is 0 Å². The molecule has 0 amide bonds. The van der Waals surface area contributed by atoms with Crippen LogP contribution in [0.2, 0.25) is 0 Å². The molecule has 1 aliphatic rings. The van der Waals surface area contributed by atoms with Gasteiger partial charge in [0.1, 0.15) is 18.2 Å². The number of aliphatic carboxylic acids is 1. The van der Waals surface area contributed by atoms with Crippen LogP contribution in [-0.2, 0) is 11.3 Å². The molecule has 4 N–H and O–H groups in total. The molecule has 1 aliphatic heterocycles. The number of halogens is 3. The molecule has 1 fully saturated rings. The molecular formula is C29H34F3N3O5. The highest BCUT2D eigenvalue weighted by Crippen LogP contribution is 2.42. The number of fused-ring (bicyclic) bond motifs is 1. The number of methoxy groups -OCH3 is 1. The van der Waals surface area contributed by atoms with Gasteiger partial charge in [0.2, 0.25) is 0 Å². The van der Waals surface area contributed by atoms with Crippen LogP contribution in [0.4, 0.5) is 13.2 Å². The Labute approximate surface area is 230 Å². The van der Waals surface area contributed by atoms with E-state index in [2.05, 4.69) is 4.98 Å². The lowest BCUT2D eigenvalue weighted by Crippen LogP contribution is -2.42. The minimum Gasteiger partial charge on any atom is -0.497 e. The summed E-state index contributed by atoms with van der Waals surface area (Å²) in [5, 5.41) is 21.7. The van der Waals surface area contributed by atoms with Crippen molar-refractivity contribution in [3.8, 4) is 11.5 Å². The zero-order valence-electron chi connectivity index (χ0n) is 22.3. The fourth-order valence-corrected chi connectivity index (χ4v) is 5.53. The molecule has 2 heterocycles. The van der Waals surface area contributed by atoms with Gasteiger partial charge in [0, 0.05) is 36.8 Å². The Morgan fingerprint density at radius 2 is 1.88 bits per heavy atom. The van der Waals surface area contributed by atoms with Gasteiger partial charge in [0.05, 0.1) is 25.2 Å². The molecule has 0 bridgehead atoms. The van der Waals surface area contributed by atoms with Crippen LogP contribution >= 0.6 is 0 Å². The zero-order valence-corrected chi connectivity index (χ0v) is 22.3. The highest BCUT2D eigenvalue weighted by atomic mass is 19.1. The molecule has 1 saturated heterocycles. The third-order valence-electron chi connectivity index (χ3n) is 7.76. The van der Waals surface area contributed by atoms with E-state index in [0.717, 1.165) is 5.39 Å². The van der Waals surface area contributed by atoms with Gasteiger partial charge in [-0.2, -0.15) is 0 Å². The summed E-state index contributed by atoms with van der Waals surface area (Å²) in [6.07, 6.45) is 2.70. The number of rotatable bonds is 12. The number of hydrogen-bond donors (Lipinski definition) is 3. The van der Waals surface area contributed by atoms with Crippen molar-refractivity contribution in [2.45, 2.75) is 44.8 Å². The maximum atomic E-state index is 13.8. The van der Waals surface area contributed by atoms with Gasteiger partial charge in [-0.05, 0) is 73.5 Å². The van der Waals surface area contributed by atoms with Crippen LogP contribution in [0.5, 0.6) is 11.5 Å². The summed E-state index contributed by atoms with van der Waals surface area (Å²) in [5.41, 5.74) is 7.52. The number of benzene rings is 2. The number of aromatic nitrogens is 1. The van der Waals surface area contributed by atoms with Crippen molar-refractivity contribution < 1.29 is 37.7 Å². The van der Waals surface area contributed by atoms with Gasteiger partial charge >= 0.3 is 5.97 Å². The summed E-state index contributed by atoms with van der Waals surface area (Å²) >= 11 is 0. The third-order valence-corrected chi connectivity index (χ3v) is 7.76. The van der Waals surface area contributed by atoms with Gasteiger partial charge in [-0.25, -0.2) is 13.2 Å². The fraction of sp³-hybridized carbons (Fsp3) is 0.448. The summed E-state index contributed by atoms with van der Waals surface area (Å²) in [6.45, 7) is 1.67. The Morgan fingerprint density at radius 3 is 2.50 bits per heavy atom. The maximum Gasteiger partial charge on any atom is 0.303 e. The predicted molar refractivity (Wildman–Crippen MR) is 143 cm³/mol. The average molecular weight is 562 g/mol. The molecular weight excluding hydrogens is 527 g/mol. The molecule has 1 atom stereocenters. The van der Waals surface area contributed by atoms with Crippen LogP contribution < -0.4 is 15.2 Å². The SMILES string of the molecule is COc1ccc2ncc(CN)c([C@H](O)CCC3(CC(=O)O)CCN(CCOc4c(F)cc(F)cc4F)CC3)c2c1. The van der Waals surface area contributed by atoms with Crippen molar-refractivity contribution in [1.29, 1.82) is 0 Å². The molecule has 0 unspecified atom stereocenters. The van der Waals surface area contributed by atoms with Crippen molar-refractivity contribution in [2.75, 3.05) is 33.4 Å². The lowest BCUT2D eigenvalue weighted by Gasteiger charge is -2.41. The molecule has 0 spiro atoms. The number of aliphatic hydroxyl groups is 1. The van der Waals surface area contributed by atoms with Crippen molar-refractivity contribution in [1.82, 2.24) is 9.88 Å². The molecule has 40 heavy (non-hydrogen) atoms. The molecule has 0 aliphatic carbocycles. The summed E-state index contributed by atoms with van der Waals surface area (Å²) in [6, 6.07) is 6.55. The largest absolute Gasteiger partial charge is 0.497 e. The first-order chi connectivity index (χ1) is 19.1. The van der Waals surface area contributed by atoms with Crippen LogP contribution in [0.15, 0.2) is 36.5 Å². The summed E-state index contributed by atoms with van der Waals surface area (Å²) in [7, 11) is 1.56. The minimum atomic E-state index is -1.10. The van der Waals surface area contributed by atoms with E-state index in [9.17, 15) is 28.2 Å². The van der Waals surface area contributed by atoms with E-state index in [1.54, 1.807) is 19.4 Å². The Balaban J connectivity index is 1.41. The number of likely N-dealkylation sites (tertiary alicyclic amines) is 1. The van der Waals surface area contributed by atoms with Crippen LogP contribution in [0.3, 0.4) is 0 Å². The number of carbonyl (C=O) groups is 1. The van der Waals surface area contributed by atoms with E-state index in [4.69, 9.17) is 15.2 Å². The average Bonchev–Trinajstić information content (AvgIpc) is 2.92. The molecule has 0 radical (unpaired) electrons. The van der Waals surface area contributed by atoms with E-state index in [0.29, 0.717) is 79.8 Å². The topological polar surface area (TPSA) is 118 Å². The molecule has 1 aromatic heterocycles. The number of pyridine rings is 1. The predicted octanol–water partition coefficient (Wildman–Crippen LogP) is 4.57. The first-order valence-corrected chi connectivity index (χ1v) is 13.2. The molecule has 8 nitrogen and oxygen atoms in total. The van der Waals surface area contributed by atoms with E-state index in [1.807, 2.05) is 17.0 Å². The first-order valence-electron chi connectivity index (χ1n) is 13.2. The maximum absolute atomic E-state index is 13.8.